The molecule has 19 heavy (non-hydrogen) atoms. The average molecular weight is 275 g/mol. The highest BCUT2D eigenvalue weighted by atomic mass is 32.1. The molecule has 0 saturated heterocycles. The molecular formula is C13H13N3O2S. The molecule has 0 radical (unpaired) electrons. The first-order valence-corrected chi connectivity index (χ1v) is 6.48. The van der Waals surface area contributed by atoms with E-state index in [1.807, 2.05) is 25.1 Å². The van der Waals surface area contributed by atoms with Gasteiger partial charge in [-0.3, -0.25) is 9.59 Å². The van der Waals surface area contributed by atoms with Gasteiger partial charge in [0, 0.05) is 5.56 Å². The van der Waals surface area contributed by atoms with Crippen LogP contribution in [0.5, 0.6) is 0 Å². The van der Waals surface area contributed by atoms with Crippen LogP contribution < -0.4 is 11.1 Å². The highest BCUT2D eigenvalue weighted by Gasteiger charge is 2.14. The van der Waals surface area contributed by atoms with E-state index in [-0.39, 0.29) is 12.3 Å². The maximum absolute atomic E-state index is 12.3. The van der Waals surface area contributed by atoms with Gasteiger partial charge in [0.2, 0.25) is 11.7 Å². The van der Waals surface area contributed by atoms with Crippen LogP contribution in [0.2, 0.25) is 0 Å². The third-order valence-electron chi connectivity index (χ3n) is 2.53. The predicted octanol–water partition coefficient (Wildman–Crippen LogP) is 1.58. The standard InChI is InChI=1S/C13H13N3O2S/c1-8-4-2-3-5-9(8)12(18)10-6-15-13(19-10)16-7-11(14)17/h2-6H,7H2,1H3,(H2,14,17)(H,15,16). The molecule has 2 rings (SSSR count). The third kappa shape index (κ3) is 3.17. The molecule has 0 bridgehead atoms. The zero-order valence-electron chi connectivity index (χ0n) is 10.3. The first-order valence-electron chi connectivity index (χ1n) is 5.66. The molecule has 0 aliphatic heterocycles. The second-order valence-corrected chi connectivity index (χ2v) is 5.02. The molecule has 1 aromatic carbocycles. The number of thiazole rings is 1. The van der Waals surface area contributed by atoms with Crippen LogP contribution in [0, 0.1) is 6.92 Å². The van der Waals surface area contributed by atoms with E-state index in [1.54, 1.807) is 6.07 Å². The highest BCUT2D eigenvalue weighted by molar-refractivity contribution is 7.17. The van der Waals surface area contributed by atoms with Gasteiger partial charge in [0.15, 0.2) is 5.13 Å². The number of amides is 1. The SMILES string of the molecule is Cc1ccccc1C(=O)c1cnc(NCC(N)=O)s1. The number of nitrogens with zero attached hydrogens (tertiary/aromatic N) is 1. The number of primary amides is 1. The summed E-state index contributed by atoms with van der Waals surface area (Å²) >= 11 is 1.21. The fraction of sp³-hybridized carbons (Fsp3) is 0.154. The minimum atomic E-state index is -0.470. The normalized spacial score (nSPS) is 10.2. The summed E-state index contributed by atoms with van der Waals surface area (Å²) in [6.07, 6.45) is 1.50. The summed E-state index contributed by atoms with van der Waals surface area (Å²) in [5.74, 6) is -0.537. The lowest BCUT2D eigenvalue weighted by atomic mass is 10.0. The van der Waals surface area contributed by atoms with Crippen molar-refractivity contribution >= 4 is 28.2 Å². The van der Waals surface area contributed by atoms with Gasteiger partial charge in [-0.25, -0.2) is 4.98 Å². The minimum Gasteiger partial charge on any atom is -0.368 e. The van der Waals surface area contributed by atoms with Gasteiger partial charge in [-0.05, 0) is 12.5 Å². The van der Waals surface area contributed by atoms with Crippen LogP contribution in [0.1, 0.15) is 20.8 Å². The van der Waals surface area contributed by atoms with Crippen LogP contribution in [-0.4, -0.2) is 23.2 Å². The molecular weight excluding hydrogens is 262 g/mol. The molecule has 2 aromatic rings. The van der Waals surface area contributed by atoms with Gasteiger partial charge in [-0.15, -0.1) is 0 Å². The molecule has 1 heterocycles. The number of aromatic nitrogens is 1. The van der Waals surface area contributed by atoms with Crippen molar-refractivity contribution in [3.05, 3.63) is 46.5 Å². The van der Waals surface area contributed by atoms with E-state index >= 15 is 0 Å². The molecule has 1 amide bonds. The van der Waals surface area contributed by atoms with Crippen LogP contribution in [-0.2, 0) is 4.79 Å². The lowest BCUT2D eigenvalue weighted by Crippen LogP contribution is -2.21. The molecule has 0 saturated carbocycles. The largest absolute Gasteiger partial charge is 0.368 e. The summed E-state index contributed by atoms with van der Waals surface area (Å²) in [6, 6.07) is 7.39. The molecule has 0 atom stereocenters. The van der Waals surface area contributed by atoms with E-state index in [9.17, 15) is 9.59 Å². The molecule has 0 spiro atoms. The van der Waals surface area contributed by atoms with Crippen molar-refractivity contribution in [1.29, 1.82) is 0 Å². The van der Waals surface area contributed by atoms with Gasteiger partial charge >= 0.3 is 0 Å². The average Bonchev–Trinajstić information content (AvgIpc) is 2.85. The zero-order valence-corrected chi connectivity index (χ0v) is 11.2. The second kappa shape index (κ2) is 5.62. The Hall–Kier alpha value is -2.21. The molecule has 0 aliphatic carbocycles. The molecule has 5 nitrogen and oxygen atoms in total. The highest BCUT2D eigenvalue weighted by Crippen LogP contribution is 2.22. The van der Waals surface area contributed by atoms with E-state index in [1.165, 1.54) is 17.5 Å². The van der Waals surface area contributed by atoms with Gasteiger partial charge in [-0.1, -0.05) is 35.6 Å². The van der Waals surface area contributed by atoms with E-state index in [2.05, 4.69) is 10.3 Å². The Bertz CT molecular complexity index is 622. The molecule has 3 N–H and O–H groups in total. The Balaban J connectivity index is 2.17. The van der Waals surface area contributed by atoms with Gasteiger partial charge in [0.1, 0.15) is 0 Å². The fourth-order valence-electron chi connectivity index (χ4n) is 1.58. The third-order valence-corrected chi connectivity index (χ3v) is 3.49. The Morgan fingerprint density at radius 3 is 2.79 bits per heavy atom. The topological polar surface area (TPSA) is 85.1 Å². The lowest BCUT2D eigenvalue weighted by Gasteiger charge is -2.01. The fourth-order valence-corrected chi connectivity index (χ4v) is 2.35. The van der Waals surface area contributed by atoms with Gasteiger partial charge in [-0.2, -0.15) is 0 Å². The molecule has 1 aromatic heterocycles. The number of anilines is 1. The number of rotatable bonds is 5. The predicted molar refractivity (Wildman–Crippen MR) is 74.4 cm³/mol. The first kappa shape index (κ1) is 13.2. The number of aryl methyl sites for hydroxylation is 1. The van der Waals surface area contributed by atoms with Crippen molar-refractivity contribution in [1.82, 2.24) is 4.98 Å². The molecule has 0 unspecified atom stereocenters. The monoisotopic (exact) mass is 275 g/mol. The van der Waals surface area contributed by atoms with E-state index < -0.39 is 5.91 Å². The number of carbonyl (C=O) groups excluding carboxylic acids is 2. The van der Waals surface area contributed by atoms with Gasteiger partial charge < -0.3 is 11.1 Å². The van der Waals surface area contributed by atoms with Crippen LogP contribution in [0.15, 0.2) is 30.5 Å². The summed E-state index contributed by atoms with van der Waals surface area (Å²) in [5, 5.41) is 3.28. The quantitative estimate of drug-likeness (QED) is 0.811. The first-order chi connectivity index (χ1) is 9.08. The number of hydrogen-bond acceptors (Lipinski definition) is 5. The van der Waals surface area contributed by atoms with E-state index in [0.29, 0.717) is 15.6 Å². The van der Waals surface area contributed by atoms with Crippen molar-refractivity contribution in [3.8, 4) is 0 Å². The van der Waals surface area contributed by atoms with Crippen molar-refractivity contribution < 1.29 is 9.59 Å². The molecule has 98 valence electrons. The Morgan fingerprint density at radius 1 is 1.37 bits per heavy atom. The zero-order chi connectivity index (χ0) is 13.8. The van der Waals surface area contributed by atoms with E-state index in [4.69, 9.17) is 5.73 Å². The van der Waals surface area contributed by atoms with E-state index in [0.717, 1.165) is 5.56 Å². The van der Waals surface area contributed by atoms with Crippen molar-refractivity contribution in [2.45, 2.75) is 6.92 Å². The summed E-state index contributed by atoms with van der Waals surface area (Å²) in [6.45, 7) is 1.89. The second-order valence-electron chi connectivity index (χ2n) is 3.99. The minimum absolute atomic E-state index is 0.00546. The maximum Gasteiger partial charge on any atom is 0.236 e. The lowest BCUT2D eigenvalue weighted by molar-refractivity contribution is -0.116. The van der Waals surface area contributed by atoms with Crippen molar-refractivity contribution in [2.75, 3.05) is 11.9 Å². The summed E-state index contributed by atoms with van der Waals surface area (Å²) < 4.78 is 0. The number of carbonyl (C=O) groups is 2. The number of benzene rings is 1. The van der Waals surface area contributed by atoms with Gasteiger partial charge in [0.25, 0.3) is 0 Å². The van der Waals surface area contributed by atoms with Crippen molar-refractivity contribution in [3.63, 3.8) is 0 Å². The maximum atomic E-state index is 12.3. The summed E-state index contributed by atoms with van der Waals surface area (Å²) in [7, 11) is 0. The van der Waals surface area contributed by atoms with Crippen LogP contribution in [0.25, 0.3) is 0 Å². The molecule has 6 heteroatoms. The van der Waals surface area contributed by atoms with Gasteiger partial charge in [0.05, 0.1) is 17.6 Å². The number of nitrogens with two attached hydrogens (primary N) is 1. The Labute approximate surface area is 114 Å². The van der Waals surface area contributed by atoms with Crippen LogP contribution >= 0.6 is 11.3 Å². The smallest absolute Gasteiger partial charge is 0.236 e. The summed E-state index contributed by atoms with van der Waals surface area (Å²) in [4.78, 5) is 27.5. The van der Waals surface area contributed by atoms with Crippen LogP contribution in [0.3, 0.4) is 0 Å². The molecule has 0 aliphatic rings. The number of hydrogen-bond donors (Lipinski definition) is 2. The Kier molecular flexibility index (Phi) is 3.91. The number of ketones is 1. The summed E-state index contributed by atoms with van der Waals surface area (Å²) in [5.41, 5.74) is 6.61. The number of nitrogens with one attached hydrogen (secondary N) is 1. The molecule has 0 fully saturated rings. The van der Waals surface area contributed by atoms with Crippen molar-refractivity contribution in [2.24, 2.45) is 5.73 Å². The van der Waals surface area contributed by atoms with Crippen LogP contribution in [0.4, 0.5) is 5.13 Å². The Morgan fingerprint density at radius 2 is 2.11 bits per heavy atom.